The quantitative estimate of drug-likeness (QED) is 0.182. The first-order valence-corrected chi connectivity index (χ1v) is 9.03. The lowest BCUT2D eigenvalue weighted by Gasteiger charge is -2.41. The molecule has 4 radical (unpaired) electrons. The van der Waals surface area contributed by atoms with Gasteiger partial charge in [0.15, 0.2) is 5.79 Å². The highest BCUT2D eigenvalue weighted by molar-refractivity contribution is 9.10. The van der Waals surface area contributed by atoms with Crippen LogP contribution in [-0.4, -0.2) is 64.0 Å². The summed E-state index contributed by atoms with van der Waals surface area (Å²) in [6.07, 6.45) is 1.68. The first-order chi connectivity index (χ1) is 12.5. The van der Waals surface area contributed by atoms with Crippen molar-refractivity contribution in [3.8, 4) is 11.5 Å². The molecule has 27 heavy (non-hydrogen) atoms. The van der Waals surface area contributed by atoms with E-state index in [1.165, 1.54) is 26.4 Å². The van der Waals surface area contributed by atoms with Crippen LogP contribution in [0.25, 0.3) is 0 Å². The van der Waals surface area contributed by atoms with Gasteiger partial charge in [-0.3, -0.25) is 4.79 Å². The number of rotatable bonds is 10. The number of aliphatic hydroxyl groups is 2. The number of halogens is 1. The molecule has 0 saturated carbocycles. The van der Waals surface area contributed by atoms with Crippen LogP contribution in [-0.2, 0) is 10.6 Å². The molecule has 0 spiro atoms. The third-order valence-corrected chi connectivity index (χ3v) is 4.68. The highest BCUT2D eigenvalue weighted by Gasteiger charge is 2.46. The summed E-state index contributed by atoms with van der Waals surface area (Å²) in [5.41, 5.74) is 11.0. The number of nitrogens with one attached hydrogen (secondary N) is 1. The molecule has 0 aromatic heterocycles. The van der Waals surface area contributed by atoms with Crippen molar-refractivity contribution in [1.82, 2.24) is 5.32 Å². The zero-order valence-corrected chi connectivity index (χ0v) is 17.0. The molecule has 0 bridgehead atoms. The van der Waals surface area contributed by atoms with E-state index >= 15 is 0 Å². The first-order valence-electron chi connectivity index (χ1n) is 8.24. The molecule has 0 fully saturated rings. The van der Waals surface area contributed by atoms with Crippen molar-refractivity contribution in [2.24, 2.45) is 11.5 Å². The summed E-state index contributed by atoms with van der Waals surface area (Å²) < 4.78 is 10.8. The Hall–Kier alpha value is -1.26. The van der Waals surface area contributed by atoms with Gasteiger partial charge in [-0.15, -0.1) is 0 Å². The second-order valence-electron chi connectivity index (χ2n) is 6.11. The Kier molecular flexibility index (Phi) is 8.62. The maximum atomic E-state index is 12.2. The lowest BCUT2D eigenvalue weighted by atomic mass is 9.55. The van der Waals surface area contributed by atoms with Crippen molar-refractivity contribution >= 4 is 37.5 Å². The summed E-state index contributed by atoms with van der Waals surface area (Å²) in [6, 6.07) is 1.80. The summed E-state index contributed by atoms with van der Waals surface area (Å²) in [5, 5.41) is 21.0. The maximum absolute atomic E-state index is 12.2. The summed E-state index contributed by atoms with van der Waals surface area (Å²) in [4.78, 5) is 12.2. The molecule has 1 aromatic carbocycles. The predicted octanol–water partition coefficient (Wildman–Crippen LogP) is -0.833. The molecule has 0 aliphatic carbocycles. The summed E-state index contributed by atoms with van der Waals surface area (Å²) in [7, 11) is 14.4. The van der Waals surface area contributed by atoms with Gasteiger partial charge in [-0.25, -0.2) is 0 Å². The number of benzene rings is 1. The minimum Gasteiger partial charge on any atom is -0.496 e. The van der Waals surface area contributed by atoms with Crippen molar-refractivity contribution in [2.45, 2.75) is 36.4 Å². The SMILES string of the molecule is [B]C([B])(NC(=O)C(N)CCCCN)C(O)(O)c1cc(OC)c(Br)cc1OC. The molecule has 0 heterocycles. The fourth-order valence-electron chi connectivity index (χ4n) is 2.38. The second kappa shape index (κ2) is 9.79. The second-order valence-corrected chi connectivity index (χ2v) is 6.96. The summed E-state index contributed by atoms with van der Waals surface area (Å²) >= 11 is 3.26. The topological polar surface area (TPSA) is 140 Å². The molecule has 0 aliphatic heterocycles. The standard InChI is InChI=1S/C16H24B2BrN3O5/c1-26-12-8-10(19)13(27-2)7-9(12)15(24,25)16(17,18)22-14(23)11(21)5-3-4-6-20/h7-8,11,24-25H,3-6,20-21H2,1-2H3,(H,22,23). The van der Waals surface area contributed by atoms with Crippen LogP contribution in [0.3, 0.4) is 0 Å². The fraction of sp³-hybridized carbons (Fsp3) is 0.562. The van der Waals surface area contributed by atoms with E-state index in [4.69, 9.17) is 36.6 Å². The molecule has 1 atom stereocenters. The Labute approximate surface area is 169 Å². The Morgan fingerprint density at radius 3 is 2.37 bits per heavy atom. The number of hydrogen-bond donors (Lipinski definition) is 5. The largest absolute Gasteiger partial charge is 0.496 e. The molecule has 8 nitrogen and oxygen atoms in total. The molecule has 0 aliphatic rings. The lowest BCUT2D eigenvalue weighted by Crippen LogP contribution is -2.66. The number of carbonyl (C=O) groups excluding carboxylic acids is 1. The zero-order chi connectivity index (χ0) is 20.8. The third-order valence-electron chi connectivity index (χ3n) is 4.06. The molecule has 146 valence electrons. The van der Waals surface area contributed by atoms with Crippen LogP contribution in [0.15, 0.2) is 16.6 Å². The van der Waals surface area contributed by atoms with E-state index in [1.54, 1.807) is 0 Å². The Bertz CT molecular complexity index is 661. The first kappa shape index (κ1) is 23.8. The van der Waals surface area contributed by atoms with Crippen molar-refractivity contribution in [3.63, 3.8) is 0 Å². The van der Waals surface area contributed by atoms with Crippen LogP contribution < -0.4 is 26.3 Å². The number of ether oxygens (including phenoxy) is 2. The van der Waals surface area contributed by atoms with Crippen molar-refractivity contribution in [2.75, 3.05) is 20.8 Å². The van der Waals surface area contributed by atoms with Gasteiger partial charge < -0.3 is 36.5 Å². The van der Waals surface area contributed by atoms with Crippen LogP contribution in [0.2, 0.25) is 0 Å². The lowest BCUT2D eigenvalue weighted by molar-refractivity contribution is -0.189. The molecule has 0 saturated heterocycles. The van der Waals surface area contributed by atoms with E-state index in [0.29, 0.717) is 30.3 Å². The van der Waals surface area contributed by atoms with Crippen molar-refractivity contribution < 1.29 is 24.5 Å². The van der Waals surface area contributed by atoms with Crippen LogP contribution in [0, 0.1) is 0 Å². The predicted molar refractivity (Wildman–Crippen MR) is 107 cm³/mol. The van der Waals surface area contributed by atoms with Crippen LogP contribution in [0.4, 0.5) is 0 Å². The van der Waals surface area contributed by atoms with E-state index in [0.717, 1.165) is 0 Å². The monoisotopic (exact) mass is 439 g/mol. The van der Waals surface area contributed by atoms with E-state index in [-0.39, 0.29) is 17.1 Å². The van der Waals surface area contributed by atoms with Gasteiger partial charge in [-0.2, -0.15) is 0 Å². The van der Waals surface area contributed by atoms with Gasteiger partial charge in [-0.05, 0) is 47.4 Å². The number of hydrogen-bond acceptors (Lipinski definition) is 7. The Morgan fingerprint density at radius 1 is 1.26 bits per heavy atom. The van der Waals surface area contributed by atoms with E-state index < -0.39 is 23.1 Å². The minimum absolute atomic E-state index is 0.0643. The average Bonchev–Trinajstić information content (AvgIpc) is 2.60. The zero-order valence-electron chi connectivity index (χ0n) is 15.4. The van der Waals surface area contributed by atoms with Gasteiger partial charge in [0.1, 0.15) is 11.5 Å². The van der Waals surface area contributed by atoms with Gasteiger partial charge in [-0.1, -0.05) is 6.42 Å². The molecular weight excluding hydrogens is 416 g/mol. The number of methoxy groups -OCH3 is 2. The fourth-order valence-corrected chi connectivity index (χ4v) is 2.86. The third kappa shape index (κ3) is 5.61. The highest BCUT2D eigenvalue weighted by Crippen LogP contribution is 2.40. The van der Waals surface area contributed by atoms with Crippen LogP contribution in [0.1, 0.15) is 24.8 Å². The van der Waals surface area contributed by atoms with Gasteiger partial charge in [0.05, 0.1) is 46.0 Å². The van der Waals surface area contributed by atoms with E-state index in [1.807, 2.05) is 0 Å². The summed E-state index contributed by atoms with van der Waals surface area (Å²) in [5.74, 6) is -3.29. The molecule has 1 aromatic rings. The molecule has 1 rings (SSSR count). The smallest absolute Gasteiger partial charge is 0.236 e. The number of unbranched alkanes of at least 4 members (excludes halogenated alkanes) is 1. The van der Waals surface area contributed by atoms with Gasteiger partial charge in [0, 0.05) is 5.34 Å². The normalized spacial score (nSPS) is 13.1. The van der Waals surface area contributed by atoms with Gasteiger partial charge in [0.2, 0.25) is 5.91 Å². The summed E-state index contributed by atoms with van der Waals surface area (Å²) in [6.45, 7) is 0.480. The number of nitrogens with two attached hydrogens (primary N) is 2. The van der Waals surface area contributed by atoms with E-state index in [9.17, 15) is 15.0 Å². The van der Waals surface area contributed by atoms with Crippen LogP contribution >= 0.6 is 15.9 Å². The van der Waals surface area contributed by atoms with Crippen LogP contribution in [0.5, 0.6) is 11.5 Å². The van der Waals surface area contributed by atoms with Gasteiger partial charge in [0.25, 0.3) is 0 Å². The van der Waals surface area contributed by atoms with Crippen molar-refractivity contribution in [1.29, 1.82) is 0 Å². The average molecular weight is 440 g/mol. The molecule has 1 amide bonds. The number of amides is 1. The van der Waals surface area contributed by atoms with Crippen molar-refractivity contribution in [3.05, 3.63) is 22.2 Å². The molecule has 11 heteroatoms. The maximum Gasteiger partial charge on any atom is 0.236 e. The highest BCUT2D eigenvalue weighted by atomic mass is 79.9. The Morgan fingerprint density at radius 2 is 1.85 bits per heavy atom. The molecule has 7 N–H and O–H groups in total. The van der Waals surface area contributed by atoms with Gasteiger partial charge >= 0.3 is 0 Å². The molecular formula is C16H24B2BrN3O5. The van der Waals surface area contributed by atoms with E-state index in [2.05, 4.69) is 21.2 Å². The number of carbonyl (C=O) groups is 1. The Balaban J connectivity index is 3.12. The minimum atomic E-state index is -2.90. The molecule has 1 unspecified atom stereocenters.